The standard InChI is InChI=1S/C9H7O4/c1-12-9(11)7-2-4-8(5-3-7)13-6-10/h2-5H,1H3. The number of rotatable bonds is 3. The highest BCUT2D eigenvalue weighted by atomic mass is 16.5. The van der Waals surface area contributed by atoms with Crippen LogP contribution in [0.2, 0.25) is 0 Å². The van der Waals surface area contributed by atoms with Crippen molar-refractivity contribution >= 4 is 12.4 Å². The normalized spacial score (nSPS) is 9.00. The molecule has 1 aromatic carbocycles. The zero-order chi connectivity index (χ0) is 9.68. The molecule has 0 saturated carbocycles. The van der Waals surface area contributed by atoms with E-state index in [1.807, 2.05) is 0 Å². The third-order valence-electron chi connectivity index (χ3n) is 1.43. The van der Waals surface area contributed by atoms with Crippen molar-refractivity contribution in [1.82, 2.24) is 0 Å². The Morgan fingerprint density at radius 2 is 1.92 bits per heavy atom. The zero-order valence-electron chi connectivity index (χ0n) is 6.94. The van der Waals surface area contributed by atoms with Crippen molar-refractivity contribution in [2.75, 3.05) is 7.11 Å². The molecule has 1 rings (SSSR count). The Hall–Kier alpha value is -1.84. The molecule has 0 heterocycles. The molecule has 0 aliphatic heterocycles. The maximum Gasteiger partial charge on any atom is 0.423 e. The summed E-state index contributed by atoms with van der Waals surface area (Å²) >= 11 is 0. The minimum atomic E-state index is -0.429. The molecule has 1 radical (unpaired) electrons. The van der Waals surface area contributed by atoms with E-state index in [9.17, 15) is 9.59 Å². The van der Waals surface area contributed by atoms with Crippen molar-refractivity contribution in [3.8, 4) is 5.75 Å². The number of methoxy groups -OCH3 is 1. The van der Waals surface area contributed by atoms with Gasteiger partial charge < -0.3 is 9.47 Å². The van der Waals surface area contributed by atoms with Crippen LogP contribution in [0.15, 0.2) is 24.3 Å². The summed E-state index contributed by atoms with van der Waals surface area (Å²) < 4.78 is 8.90. The van der Waals surface area contributed by atoms with Gasteiger partial charge in [-0.2, -0.15) is 0 Å². The number of ether oxygens (including phenoxy) is 2. The van der Waals surface area contributed by atoms with Gasteiger partial charge in [0.25, 0.3) is 0 Å². The van der Waals surface area contributed by atoms with Gasteiger partial charge in [-0.05, 0) is 24.3 Å². The predicted octanol–water partition coefficient (Wildman–Crippen LogP) is 0.919. The molecule has 0 spiro atoms. The Balaban J connectivity index is 2.80. The number of esters is 1. The van der Waals surface area contributed by atoms with Gasteiger partial charge in [-0.1, -0.05) is 0 Å². The van der Waals surface area contributed by atoms with Crippen LogP contribution in [0.5, 0.6) is 5.75 Å². The second-order valence-corrected chi connectivity index (χ2v) is 2.20. The first-order valence-electron chi connectivity index (χ1n) is 3.50. The topological polar surface area (TPSA) is 52.6 Å². The van der Waals surface area contributed by atoms with E-state index in [0.717, 1.165) is 0 Å². The Morgan fingerprint density at radius 1 is 1.31 bits per heavy atom. The lowest BCUT2D eigenvalue weighted by molar-refractivity contribution is 0.0601. The van der Waals surface area contributed by atoms with Crippen LogP contribution in [0.1, 0.15) is 10.4 Å². The van der Waals surface area contributed by atoms with Crippen molar-refractivity contribution in [3.05, 3.63) is 29.8 Å². The summed E-state index contributed by atoms with van der Waals surface area (Å²) in [5.41, 5.74) is 0.403. The average molecular weight is 179 g/mol. The van der Waals surface area contributed by atoms with E-state index in [0.29, 0.717) is 11.3 Å². The molecule has 0 bridgehead atoms. The molecule has 0 atom stereocenters. The summed E-state index contributed by atoms with van der Waals surface area (Å²) in [6.45, 7) is 1.28. The molecule has 1 aromatic rings. The number of hydrogen-bond acceptors (Lipinski definition) is 4. The van der Waals surface area contributed by atoms with E-state index in [2.05, 4.69) is 9.47 Å². The molecule has 0 N–H and O–H groups in total. The van der Waals surface area contributed by atoms with Crippen LogP contribution in [0.4, 0.5) is 0 Å². The van der Waals surface area contributed by atoms with Crippen molar-refractivity contribution in [1.29, 1.82) is 0 Å². The molecule has 13 heavy (non-hydrogen) atoms. The summed E-state index contributed by atoms with van der Waals surface area (Å²) in [5, 5.41) is 0. The summed E-state index contributed by atoms with van der Waals surface area (Å²) in [7, 11) is 1.30. The molecule has 0 aromatic heterocycles. The third kappa shape index (κ3) is 2.30. The fraction of sp³-hybridized carbons (Fsp3) is 0.111. The van der Waals surface area contributed by atoms with Crippen LogP contribution in [0.25, 0.3) is 0 Å². The van der Waals surface area contributed by atoms with Gasteiger partial charge in [0.15, 0.2) is 0 Å². The first-order valence-corrected chi connectivity index (χ1v) is 3.50. The highest BCUT2D eigenvalue weighted by Gasteiger charge is 2.04. The summed E-state index contributed by atoms with van der Waals surface area (Å²) in [4.78, 5) is 20.8. The molecule has 0 fully saturated rings. The number of carbonyl (C=O) groups is 1. The monoisotopic (exact) mass is 179 g/mol. The molecule has 0 amide bonds. The Morgan fingerprint density at radius 3 is 2.38 bits per heavy atom. The summed E-state index contributed by atoms with van der Waals surface area (Å²) in [6, 6.07) is 5.96. The van der Waals surface area contributed by atoms with Crippen LogP contribution >= 0.6 is 0 Å². The van der Waals surface area contributed by atoms with Gasteiger partial charge in [0.2, 0.25) is 0 Å². The van der Waals surface area contributed by atoms with Crippen LogP contribution in [0, 0.1) is 0 Å². The lowest BCUT2D eigenvalue weighted by Crippen LogP contribution is -2.00. The van der Waals surface area contributed by atoms with Gasteiger partial charge in [-0.3, -0.25) is 0 Å². The van der Waals surface area contributed by atoms with Gasteiger partial charge in [0.1, 0.15) is 5.75 Å². The van der Waals surface area contributed by atoms with Crippen molar-refractivity contribution in [2.24, 2.45) is 0 Å². The molecule has 0 aliphatic rings. The van der Waals surface area contributed by atoms with Gasteiger partial charge in [-0.25, -0.2) is 9.59 Å². The molecule has 0 saturated heterocycles. The lowest BCUT2D eigenvalue weighted by atomic mass is 10.2. The molecule has 4 nitrogen and oxygen atoms in total. The number of benzene rings is 1. The Kier molecular flexibility index (Phi) is 3.03. The second-order valence-electron chi connectivity index (χ2n) is 2.20. The highest BCUT2D eigenvalue weighted by Crippen LogP contribution is 2.11. The van der Waals surface area contributed by atoms with E-state index in [1.165, 1.54) is 37.8 Å². The molecule has 0 unspecified atom stereocenters. The average Bonchev–Trinajstić information content (AvgIpc) is 2.18. The second kappa shape index (κ2) is 4.25. The van der Waals surface area contributed by atoms with Gasteiger partial charge in [0.05, 0.1) is 12.7 Å². The maximum atomic E-state index is 10.9. The fourth-order valence-electron chi connectivity index (χ4n) is 0.825. The Bertz CT molecular complexity index is 302. The van der Waals surface area contributed by atoms with Crippen LogP contribution < -0.4 is 4.74 Å². The molecule has 67 valence electrons. The molecule has 0 aliphatic carbocycles. The minimum Gasteiger partial charge on any atom is -0.465 e. The minimum absolute atomic E-state index is 0.336. The largest absolute Gasteiger partial charge is 0.465 e. The molecular weight excluding hydrogens is 172 g/mol. The first kappa shape index (κ1) is 9.25. The van der Waals surface area contributed by atoms with Gasteiger partial charge in [-0.15, -0.1) is 0 Å². The van der Waals surface area contributed by atoms with E-state index in [-0.39, 0.29) is 0 Å². The lowest BCUT2D eigenvalue weighted by Gasteiger charge is -1.99. The maximum absolute atomic E-state index is 10.9. The van der Waals surface area contributed by atoms with Crippen molar-refractivity contribution < 1.29 is 19.1 Å². The summed E-state index contributed by atoms with van der Waals surface area (Å²) in [6.07, 6.45) is 0. The van der Waals surface area contributed by atoms with Gasteiger partial charge in [0, 0.05) is 0 Å². The van der Waals surface area contributed by atoms with Crippen LogP contribution in [-0.2, 0) is 9.53 Å². The molecule has 4 heteroatoms. The van der Waals surface area contributed by atoms with E-state index in [4.69, 9.17) is 0 Å². The van der Waals surface area contributed by atoms with Gasteiger partial charge >= 0.3 is 12.4 Å². The number of hydrogen-bond donors (Lipinski definition) is 0. The van der Waals surface area contributed by atoms with Crippen LogP contribution in [0.3, 0.4) is 0 Å². The summed E-state index contributed by atoms with van der Waals surface area (Å²) in [5.74, 6) is -0.0933. The molecular formula is C9H7O4. The van der Waals surface area contributed by atoms with Crippen LogP contribution in [-0.4, -0.2) is 19.6 Å². The Labute approximate surface area is 75.1 Å². The SMILES string of the molecule is COC(=O)c1ccc(O[C]=O)cc1. The number of carbonyl (C=O) groups excluding carboxylic acids is 2. The quantitative estimate of drug-likeness (QED) is 0.647. The third-order valence-corrected chi connectivity index (χ3v) is 1.43. The predicted molar refractivity (Wildman–Crippen MR) is 44.1 cm³/mol. The first-order chi connectivity index (χ1) is 6.27. The highest BCUT2D eigenvalue weighted by molar-refractivity contribution is 5.89. The van der Waals surface area contributed by atoms with E-state index < -0.39 is 5.97 Å². The fourth-order valence-corrected chi connectivity index (χ4v) is 0.825. The smallest absolute Gasteiger partial charge is 0.423 e. The zero-order valence-corrected chi connectivity index (χ0v) is 6.94. The van der Waals surface area contributed by atoms with Crippen molar-refractivity contribution in [2.45, 2.75) is 0 Å². The van der Waals surface area contributed by atoms with Crippen molar-refractivity contribution in [3.63, 3.8) is 0 Å². The van der Waals surface area contributed by atoms with E-state index >= 15 is 0 Å². The van der Waals surface area contributed by atoms with E-state index in [1.54, 1.807) is 0 Å².